The van der Waals surface area contributed by atoms with E-state index in [2.05, 4.69) is 5.32 Å². The van der Waals surface area contributed by atoms with Crippen LogP contribution >= 0.6 is 12.4 Å². The van der Waals surface area contributed by atoms with Crippen molar-refractivity contribution in [2.24, 2.45) is 0 Å². The van der Waals surface area contributed by atoms with Crippen LogP contribution in [0.15, 0.2) is 24.3 Å². The van der Waals surface area contributed by atoms with Crippen molar-refractivity contribution in [3.05, 3.63) is 29.8 Å². The molecule has 1 aromatic carbocycles. The number of piperazine rings is 1. The number of hydrogen-bond donors (Lipinski definition) is 1. The van der Waals surface area contributed by atoms with Gasteiger partial charge >= 0.3 is 0 Å². The highest BCUT2D eigenvalue weighted by molar-refractivity contribution is 5.97. The summed E-state index contributed by atoms with van der Waals surface area (Å²) in [5.74, 6) is 0.802. The molecule has 144 valence electrons. The number of rotatable bonds is 5. The topological polar surface area (TPSA) is 61.9 Å². The van der Waals surface area contributed by atoms with Crippen LogP contribution in [-0.2, 0) is 4.79 Å². The lowest BCUT2D eigenvalue weighted by molar-refractivity contribution is -0.133. The lowest BCUT2D eigenvalue weighted by Gasteiger charge is -2.35. The summed E-state index contributed by atoms with van der Waals surface area (Å²) in [6.07, 6.45) is 2.80. The van der Waals surface area contributed by atoms with Gasteiger partial charge < -0.3 is 19.9 Å². The molecule has 1 unspecified atom stereocenters. The van der Waals surface area contributed by atoms with Crippen LogP contribution < -0.4 is 10.1 Å². The van der Waals surface area contributed by atoms with Gasteiger partial charge in [-0.25, -0.2) is 0 Å². The number of benzene rings is 1. The van der Waals surface area contributed by atoms with Gasteiger partial charge in [0.25, 0.3) is 5.91 Å². The Morgan fingerprint density at radius 2 is 1.85 bits per heavy atom. The molecule has 2 saturated heterocycles. The van der Waals surface area contributed by atoms with Crippen molar-refractivity contribution < 1.29 is 14.3 Å². The molecule has 0 bridgehead atoms. The number of carbonyl (C=O) groups is 2. The minimum Gasteiger partial charge on any atom is -0.493 e. The van der Waals surface area contributed by atoms with Gasteiger partial charge in [-0.3, -0.25) is 9.59 Å². The molecule has 2 heterocycles. The fraction of sp³-hybridized carbons (Fsp3) is 0.579. The zero-order valence-electron chi connectivity index (χ0n) is 15.3. The molecule has 2 fully saturated rings. The van der Waals surface area contributed by atoms with Gasteiger partial charge in [-0.05, 0) is 38.4 Å². The predicted molar refractivity (Wildman–Crippen MR) is 103 cm³/mol. The molecule has 6 nitrogen and oxygen atoms in total. The van der Waals surface area contributed by atoms with Crippen molar-refractivity contribution in [1.82, 2.24) is 15.1 Å². The molecule has 0 radical (unpaired) electrons. The molecule has 0 spiro atoms. The summed E-state index contributed by atoms with van der Waals surface area (Å²) in [7, 11) is 0. The average molecular weight is 382 g/mol. The van der Waals surface area contributed by atoms with Crippen LogP contribution in [0.4, 0.5) is 0 Å². The van der Waals surface area contributed by atoms with E-state index in [1.54, 1.807) is 6.07 Å². The number of nitrogens with one attached hydrogen (secondary N) is 1. The number of carbonyl (C=O) groups excluding carboxylic acids is 2. The van der Waals surface area contributed by atoms with Gasteiger partial charge in [-0.15, -0.1) is 12.4 Å². The Hall–Kier alpha value is -1.79. The van der Waals surface area contributed by atoms with E-state index in [9.17, 15) is 9.59 Å². The third kappa shape index (κ3) is 4.89. The first-order valence-electron chi connectivity index (χ1n) is 9.21. The van der Waals surface area contributed by atoms with Crippen molar-refractivity contribution in [2.45, 2.75) is 32.2 Å². The summed E-state index contributed by atoms with van der Waals surface area (Å²) >= 11 is 0. The zero-order chi connectivity index (χ0) is 17.6. The molecule has 1 aromatic rings. The smallest absolute Gasteiger partial charge is 0.257 e. The number of hydrogen-bond acceptors (Lipinski definition) is 4. The summed E-state index contributed by atoms with van der Waals surface area (Å²) < 4.78 is 5.56. The molecular formula is C19H28ClN3O3. The summed E-state index contributed by atoms with van der Waals surface area (Å²) in [5, 5.41) is 3.37. The van der Waals surface area contributed by atoms with Crippen LogP contribution in [0.25, 0.3) is 0 Å². The third-order valence-electron chi connectivity index (χ3n) is 4.92. The zero-order valence-corrected chi connectivity index (χ0v) is 16.1. The van der Waals surface area contributed by atoms with E-state index in [4.69, 9.17) is 4.74 Å². The molecule has 2 aliphatic rings. The van der Waals surface area contributed by atoms with E-state index in [0.29, 0.717) is 56.6 Å². The molecule has 2 aliphatic heterocycles. The number of amides is 2. The maximum atomic E-state index is 12.8. The van der Waals surface area contributed by atoms with Crippen molar-refractivity contribution in [2.75, 3.05) is 39.3 Å². The summed E-state index contributed by atoms with van der Waals surface area (Å²) in [6.45, 7) is 5.81. The van der Waals surface area contributed by atoms with Crippen molar-refractivity contribution in [3.8, 4) is 5.75 Å². The highest BCUT2D eigenvalue weighted by Crippen LogP contribution is 2.21. The minimum absolute atomic E-state index is 0. The normalized spacial score (nSPS) is 19.8. The number of nitrogens with zero attached hydrogens (tertiary/aromatic N) is 2. The molecule has 0 aliphatic carbocycles. The third-order valence-corrected chi connectivity index (χ3v) is 4.92. The number of halogens is 1. The number of ether oxygens (including phenoxy) is 1. The molecular weight excluding hydrogens is 354 g/mol. The van der Waals surface area contributed by atoms with Crippen molar-refractivity contribution in [1.29, 1.82) is 0 Å². The SMILES string of the molecule is CCOc1ccccc1C(=O)N1CCN(C(=O)CC2CCCN2)CC1.Cl. The monoisotopic (exact) mass is 381 g/mol. The fourth-order valence-corrected chi connectivity index (χ4v) is 3.52. The standard InChI is InChI=1S/C19H27N3O3.ClH/c1-2-25-17-8-4-3-7-16(17)19(24)22-12-10-21(11-13-22)18(23)14-15-6-5-9-20-15;/h3-4,7-8,15,20H,2,5-6,9-14H2,1H3;1H. The lowest BCUT2D eigenvalue weighted by Crippen LogP contribution is -2.51. The maximum Gasteiger partial charge on any atom is 0.257 e. The number of para-hydroxylation sites is 1. The highest BCUT2D eigenvalue weighted by atomic mass is 35.5. The second kappa shape index (κ2) is 9.78. The first-order valence-corrected chi connectivity index (χ1v) is 9.21. The Bertz CT molecular complexity index is 612. The van der Waals surface area contributed by atoms with Crippen LogP contribution in [0.2, 0.25) is 0 Å². The second-order valence-electron chi connectivity index (χ2n) is 6.60. The summed E-state index contributed by atoms with van der Waals surface area (Å²) in [5.41, 5.74) is 0.597. The first kappa shape index (κ1) is 20.5. The maximum absolute atomic E-state index is 12.8. The predicted octanol–water partition coefficient (Wildman–Crippen LogP) is 1.93. The molecule has 1 atom stereocenters. The molecule has 0 saturated carbocycles. The lowest BCUT2D eigenvalue weighted by atomic mass is 10.1. The van der Waals surface area contributed by atoms with Crippen LogP contribution in [0, 0.1) is 0 Å². The van der Waals surface area contributed by atoms with Gasteiger partial charge in [0, 0.05) is 38.6 Å². The Labute approximate surface area is 161 Å². The van der Waals surface area contributed by atoms with Gasteiger partial charge in [-0.2, -0.15) is 0 Å². The highest BCUT2D eigenvalue weighted by Gasteiger charge is 2.28. The molecule has 2 amide bonds. The van der Waals surface area contributed by atoms with Gasteiger partial charge in [0.2, 0.25) is 5.91 Å². The van der Waals surface area contributed by atoms with Crippen molar-refractivity contribution >= 4 is 24.2 Å². The summed E-state index contributed by atoms with van der Waals surface area (Å²) in [6, 6.07) is 7.67. The van der Waals surface area contributed by atoms with Crippen LogP contribution in [0.5, 0.6) is 5.75 Å². The first-order chi connectivity index (χ1) is 12.2. The van der Waals surface area contributed by atoms with E-state index in [1.807, 2.05) is 34.9 Å². The Morgan fingerprint density at radius 3 is 2.50 bits per heavy atom. The van der Waals surface area contributed by atoms with Gasteiger partial charge in [-0.1, -0.05) is 12.1 Å². The van der Waals surface area contributed by atoms with E-state index in [0.717, 1.165) is 19.4 Å². The quantitative estimate of drug-likeness (QED) is 0.846. The van der Waals surface area contributed by atoms with Gasteiger partial charge in [0.05, 0.1) is 12.2 Å². The Kier molecular flexibility index (Phi) is 7.72. The minimum atomic E-state index is -0.0198. The molecule has 3 rings (SSSR count). The largest absolute Gasteiger partial charge is 0.493 e. The molecule has 1 N–H and O–H groups in total. The second-order valence-corrected chi connectivity index (χ2v) is 6.60. The van der Waals surface area contributed by atoms with E-state index in [-0.39, 0.29) is 24.2 Å². The van der Waals surface area contributed by atoms with E-state index in [1.165, 1.54) is 0 Å². The van der Waals surface area contributed by atoms with Crippen LogP contribution in [-0.4, -0.2) is 67.0 Å². The summed E-state index contributed by atoms with van der Waals surface area (Å²) in [4.78, 5) is 28.9. The van der Waals surface area contributed by atoms with E-state index >= 15 is 0 Å². The average Bonchev–Trinajstić information content (AvgIpc) is 3.15. The van der Waals surface area contributed by atoms with Gasteiger partial charge in [0.15, 0.2) is 0 Å². The van der Waals surface area contributed by atoms with E-state index < -0.39 is 0 Å². The Morgan fingerprint density at radius 1 is 1.15 bits per heavy atom. The Balaban J connectivity index is 0.00000243. The van der Waals surface area contributed by atoms with Crippen LogP contribution in [0.3, 0.4) is 0 Å². The van der Waals surface area contributed by atoms with Crippen molar-refractivity contribution in [3.63, 3.8) is 0 Å². The molecule has 26 heavy (non-hydrogen) atoms. The fourth-order valence-electron chi connectivity index (χ4n) is 3.52. The van der Waals surface area contributed by atoms with Crippen LogP contribution in [0.1, 0.15) is 36.5 Å². The molecule has 7 heteroatoms. The van der Waals surface area contributed by atoms with Gasteiger partial charge in [0.1, 0.15) is 5.75 Å². The molecule has 0 aromatic heterocycles.